The molecule has 0 amide bonds. The fourth-order valence-corrected chi connectivity index (χ4v) is 2.46. The summed E-state index contributed by atoms with van der Waals surface area (Å²) < 4.78 is 24.3. The molecule has 0 unspecified atom stereocenters. The summed E-state index contributed by atoms with van der Waals surface area (Å²) in [5.74, 6) is -0.366. The van der Waals surface area contributed by atoms with Crippen LogP contribution in [0.1, 0.15) is 35.7 Å². The van der Waals surface area contributed by atoms with Crippen molar-refractivity contribution in [2.24, 2.45) is 0 Å². The summed E-state index contributed by atoms with van der Waals surface area (Å²) in [6, 6.07) is 4.45. The van der Waals surface area contributed by atoms with Gasteiger partial charge in [-0.3, -0.25) is 4.79 Å². The molecule has 0 aliphatic carbocycles. The number of carbonyl (C=O) groups excluding carboxylic acids is 1. The molecule has 1 aliphatic rings. The second-order valence-corrected chi connectivity index (χ2v) is 4.83. The highest BCUT2D eigenvalue weighted by Gasteiger charge is 2.41. The molecule has 3 nitrogen and oxygen atoms in total. The molecule has 1 aromatic carbocycles. The number of aryl methyl sites for hydroxylation is 1. The van der Waals surface area contributed by atoms with E-state index in [1.54, 1.807) is 13.0 Å². The number of rotatable bonds is 4. The van der Waals surface area contributed by atoms with Gasteiger partial charge in [-0.15, -0.1) is 0 Å². The number of ether oxygens (including phenoxy) is 2. The average Bonchev–Trinajstić information content (AvgIpc) is 2.42. The SMILES string of the molecule is CCOC1(C(=O)c2ccc(F)c(C)c2)CCOCC1. The van der Waals surface area contributed by atoms with Gasteiger partial charge in [0.1, 0.15) is 11.4 Å². The molecule has 19 heavy (non-hydrogen) atoms. The lowest BCUT2D eigenvalue weighted by Gasteiger charge is -2.35. The Balaban J connectivity index is 2.30. The normalized spacial score (nSPS) is 18.3. The van der Waals surface area contributed by atoms with Gasteiger partial charge in [0.05, 0.1) is 0 Å². The molecule has 1 heterocycles. The van der Waals surface area contributed by atoms with Gasteiger partial charge >= 0.3 is 0 Å². The van der Waals surface area contributed by atoms with Crippen LogP contribution in [0.2, 0.25) is 0 Å². The molecule has 0 atom stereocenters. The predicted octanol–water partition coefficient (Wildman–Crippen LogP) is 2.90. The highest BCUT2D eigenvalue weighted by Crippen LogP contribution is 2.30. The van der Waals surface area contributed by atoms with Crippen LogP contribution in [0.3, 0.4) is 0 Å². The number of Topliss-reactive ketones (excluding diaryl/α,β-unsaturated/α-hetero) is 1. The number of ketones is 1. The van der Waals surface area contributed by atoms with Crippen molar-refractivity contribution in [2.75, 3.05) is 19.8 Å². The topological polar surface area (TPSA) is 35.5 Å². The lowest BCUT2D eigenvalue weighted by molar-refractivity contribution is -0.0822. The molecular formula is C15H19FO3. The summed E-state index contributed by atoms with van der Waals surface area (Å²) in [6.07, 6.45) is 1.10. The molecule has 0 bridgehead atoms. The second kappa shape index (κ2) is 5.80. The van der Waals surface area contributed by atoms with E-state index >= 15 is 0 Å². The van der Waals surface area contributed by atoms with E-state index < -0.39 is 5.60 Å². The van der Waals surface area contributed by atoms with E-state index in [0.29, 0.717) is 43.8 Å². The fraction of sp³-hybridized carbons (Fsp3) is 0.533. The highest BCUT2D eigenvalue weighted by atomic mass is 19.1. The predicted molar refractivity (Wildman–Crippen MR) is 69.9 cm³/mol. The Morgan fingerprint density at radius 2 is 2.11 bits per heavy atom. The maximum Gasteiger partial charge on any atom is 0.194 e. The summed E-state index contributed by atoms with van der Waals surface area (Å²) >= 11 is 0. The first-order chi connectivity index (χ1) is 9.09. The van der Waals surface area contributed by atoms with Crippen molar-refractivity contribution >= 4 is 5.78 Å². The molecule has 0 saturated carbocycles. The molecule has 2 rings (SSSR count). The molecule has 0 radical (unpaired) electrons. The summed E-state index contributed by atoms with van der Waals surface area (Å²) in [5, 5.41) is 0. The van der Waals surface area contributed by atoms with Crippen molar-refractivity contribution in [3.05, 3.63) is 35.1 Å². The Kier molecular flexibility index (Phi) is 4.32. The van der Waals surface area contributed by atoms with Crippen molar-refractivity contribution < 1.29 is 18.7 Å². The fourth-order valence-electron chi connectivity index (χ4n) is 2.46. The van der Waals surface area contributed by atoms with E-state index in [9.17, 15) is 9.18 Å². The van der Waals surface area contributed by atoms with Gasteiger partial charge in [0.15, 0.2) is 5.78 Å². The third-order valence-electron chi connectivity index (χ3n) is 3.56. The summed E-state index contributed by atoms with van der Waals surface area (Å²) in [4.78, 5) is 12.7. The standard InChI is InChI=1S/C15H19FO3/c1-3-19-15(6-8-18-9-7-15)14(17)12-4-5-13(16)11(2)10-12/h4-5,10H,3,6-9H2,1-2H3. The maximum absolute atomic E-state index is 13.3. The first-order valence-corrected chi connectivity index (χ1v) is 6.62. The van der Waals surface area contributed by atoms with Crippen molar-refractivity contribution in [2.45, 2.75) is 32.3 Å². The molecule has 0 N–H and O–H groups in total. The van der Waals surface area contributed by atoms with Gasteiger partial charge in [0.25, 0.3) is 0 Å². The minimum absolute atomic E-state index is 0.0687. The van der Waals surface area contributed by atoms with Crippen LogP contribution in [0.25, 0.3) is 0 Å². The molecular weight excluding hydrogens is 247 g/mol. The van der Waals surface area contributed by atoms with E-state index in [-0.39, 0.29) is 11.6 Å². The van der Waals surface area contributed by atoms with Crippen LogP contribution in [-0.4, -0.2) is 31.2 Å². The van der Waals surface area contributed by atoms with Crippen LogP contribution in [0.4, 0.5) is 4.39 Å². The van der Waals surface area contributed by atoms with Gasteiger partial charge < -0.3 is 9.47 Å². The summed E-state index contributed by atoms with van der Waals surface area (Å²) in [6.45, 7) is 5.05. The van der Waals surface area contributed by atoms with Gasteiger partial charge in [-0.05, 0) is 37.6 Å². The Hall–Kier alpha value is -1.26. The Morgan fingerprint density at radius 3 is 2.68 bits per heavy atom. The zero-order valence-corrected chi connectivity index (χ0v) is 11.4. The maximum atomic E-state index is 13.3. The van der Waals surface area contributed by atoms with E-state index in [4.69, 9.17) is 9.47 Å². The van der Waals surface area contributed by atoms with Crippen molar-refractivity contribution in [1.82, 2.24) is 0 Å². The Bertz CT molecular complexity index is 459. The quantitative estimate of drug-likeness (QED) is 0.786. The zero-order valence-electron chi connectivity index (χ0n) is 11.4. The van der Waals surface area contributed by atoms with Crippen LogP contribution < -0.4 is 0 Å². The molecule has 1 aromatic rings. The van der Waals surface area contributed by atoms with E-state index in [0.717, 1.165) is 0 Å². The molecule has 4 heteroatoms. The lowest BCUT2D eigenvalue weighted by Crippen LogP contribution is -2.46. The van der Waals surface area contributed by atoms with E-state index in [1.807, 2.05) is 6.92 Å². The minimum Gasteiger partial charge on any atom is -0.381 e. The average molecular weight is 266 g/mol. The molecule has 1 saturated heterocycles. The molecule has 0 aromatic heterocycles. The van der Waals surface area contributed by atoms with Crippen LogP contribution in [0, 0.1) is 12.7 Å². The van der Waals surface area contributed by atoms with Gasteiger partial charge in [0.2, 0.25) is 0 Å². The van der Waals surface area contributed by atoms with Crippen molar-refractivity contribution in [3.63, 3.8) is 0 Å². The van der Waals surface area contributed by atoms with Gasteiger partial charge in [-0.2, -0.15) is 0 Å². The smallest absolute Gasteiger partial charge is 0.194 e. The number of halogens is 1. The van der Waals surface area contributed by atoms with Gasteiger partial charge in [-0.25, -0.2) is 4.39 Å². The second-order valence-electron chi connectivity index (χ2n) is 4.83. The van der Waals surface area contributed by atoms with Crippen LogP contribution in [-0.2, 0) is 9.47 Å². The monoisotopic (exact) mass is 266 g/mol. The number of benzene rings is 1. The zero-order chi connectivity index (χ0) is 13.9. The largest absolute Gasteiger partial charge is 0.381 e. The van der Waals surface area contributed by atoms with Crippen LogP contribution in [0.15, 0.2) is 18.2 Å². The van der Waals surface area contributed by atoms with Crippen molar-refractivity contribution in [3.8, 4) is 0 Å². The van der Waals surface area contributed by atoms with E-state index in [1.165, 1.54) is 12.1 Å². The third kappa shape index (κ3) is 2.85. The van der Waals surface area contributed by atoms with Gasteiger partial charge in [-0.1, -0.05) is 0 Å². The summed E-state index contributed by atoms with van der Waals surface area (Å²) in [5.41, 5.74) is 0.177. The first-order valence-electron chi connectivity index (χ1n) is 6.62. The number of hydrogen-bond donors (Lipinski definition) is 0. The Morgan fingerprint density at radius 1 is 1.42 bits per heavy atom. The molecule has 1 fully saturated rings. The molecule has 1 aliphatic heterocycles. The third-order valence-corrected chi connectivity index (χ3v) is 3.56. The van der Waals surface area contributed by atoms with Crippen LogP contribution >= 0.6 is 0 Å². The Labute approximate surface area is 112 Å². The highest BCUT2D eigenvalue weighted by molar-refractivity contribution is 6.02. The van der Waals surface area contributed by atoms with Gasteiger partial charge in [0, 0.05) is 38.2 Å². The van der Waals surface area contributed by atoms with Crippen molar-refractivity contribution in [1.29, 1.82) is 0 Å². The van der Waals surface area contributed by atoms with E-state index in [2.05, 4.69) is 0 Å². The molecule has 104 valence electrons. The molecule has 0 spiro atoms. The lowest BCUT2D eigenvalue weighted by atomic mass is 9.85. The first kappa shape index (κ1) is 14.2. The number of carbonyl (C=O) groups is 1. The van der Waals surface area contributed by atoms with Crippen LogP contribution in [0.5, 0.6) is 0 Å². The number of hydrogen-bond acceptors (Lipinski definition) is 3. The minimum atomic E-state index is -0.808. The summed E-state index contributed by atoms with van der Waals surface area (Å²) in [7, 11) is 0.